The Bertz CT molecular complexity index is 693. The fourth-order valence-corrected chi connectivity index (χ4v) is 1.67. The Morgan fingerprint density at radius 1 is 1.45 bits per heavy atom. The molecule has 0 spiro atoms. The molecule has 20 heavy (non-hydrogen) atoms. The van der Waals surface area contributed by atoms with Crippen molar-refractivity contribution >= 4 is 17.9 Å². The quantitative estimate of drug-likeness (QED) is 0.879. The van der Waals surface area contributed by atoms with Crippen molar-refractivity contribution in [2.24, 2.45) is 0 Å². The molecule has 0 unspecified atom stereocenters. The highest BCUT2D eigenvalue weighted by molar-refractivity contribution is 5.70. The zero-order chi connectivity index (χ0) is 14.5. The van der Waals surface area contributed by atoms with Gasteiger partial charge in [0.05, 0.1) is 18.3 Å². The highest BCUT2D eigenvalue weighted by atomic mass is 16.4. The summed E-state index contributed by atoms with van der Waals surface area (Å²) >= 11 is 0. The van der Waals surface area contributed by atoms with Crippen LogP contribution in [0, 0.1) is 11.3 Å². The lowest BCUT2D eigenvalue weighted by molar-refractivity contribution is -0.135. The number of carbonyl (C=O) groups is 1. The van der Waals surface area contributed by atoms with Crippen LogP contribution >= 0.6 is 0 Å². The molecule has 0 radical (unpaired) electrons. The normalized spacial score (nSPS) is 10.6. The SMILES string of the molecule is N#Cc1cnn(-c2ccc(C=CCC(=O)O)cc2)c1N. The summed E-state index contributed by atoms with van der Waals surface area (Å²) in [5.74, 6) is -0.576. The van der Waals surface area contributed by atoms with E-state index >= 15 is 0 Å². The van der Waals surface area contributed by atoms with Gasteiger partial charge in [0.15, 0.2) is 0 Å². The summed E-state index contributed by atoms with van der Waals surface area (Å²) in [4.78, 5) is 10.4. The molecule has 2 aromatic rings. The first-order valence-corrected chi connectivity index (χ1v) is 5.84. The van der Waals surface area contributed by atoms with Crippen LogP contribution in [0.1, 0.15) is 17.5 Å². The van der Waals surface area contributed by atoms with Crippen molar-refractivity contribution in [3.05, 3.63) is 47.7 Å². The monoisotopic (exact) mass is 268 g/mol. The smallest absolute Gasteiger partial charge is 0.307 e. The van der Waals surface area contributed by atoms with Gasteiger partial charge in [-0.1, -0.05) is 24.3 Å². The second kappa shape index (κ2) is 5.71. The highest BCUT2D eigenvalue weighted by Gasteiger charge is 2.07. The van der Waals surface area contributed by atoms with E-state index in [2.05, 4.69) is 5.10 Å². The minimum atomic E-state index is -0.869. The van der Waals surface area contributed by atoms with Crippen molar-refractivity contribution in [3.63, 3.8) is 0 Å². The van der Waals surface area contributed by atoms with Gasteiger partial charge in [-0.05, 0) is 17.7 Å². The number of nitriles is 1. The van der Waals surface area contributed by atoms with E-state index < -0.39 is 5.97 Å². The molecule has 0 atom stereocenters. The van der Waals surface area contributed by atoms with Crippen LogP contribution in [-0.4, -0.2) is 20.9 Å². The predicted octanol–water partition coefficient (Wildman–Crippen LogP) is 1.81. The molecule has 3 N–H and O–H groups in total. The Labute approximate surface area is 115 Å². The maximum absolute atomic E-state index is 10.4. The molecule has 0 saturated heterocycles. The number of anilines is 1. The van der Waals surface area contributed by atoms with Gasteiger partial charge in [-0.25, -0.2) is 4.68 Å². The van der Waals surface area contributed by atoms with Crippen molar-refractivity contribution < 1.29 is 9.90 Å². The minimum absolute atomic E-state index is 0.0145. The molecule has 1 heterocycles. The lowest BCUT2D eigenvalue weighted by Gasteiger charge is -2.04. The third-order valence-corrected chi connectivity index (χ3v) is 2.67. The maximum atomic E-state index is 10.4. The van der Waals surface area contributed by atoms with Gasteiger partial charge in [-0.3, -0.25) is 4.79 Å². The van der Waals surface area contributed by atoms with E-state index in [1.54, 1.807) is 24.3 Å². The maximum Gasteiger partial charge on any atom is 0.307 e. The van der Waals surface area contributed by atoms with E-state index in [-0.39, 0.29) is 6.42 Å². The van der Waals surface area contributed by atoms with E-state index in [4.69, 9.17) is 16.1 Å². The van der Waals surface area contributed by atoms with Gasteiger partial charge in [-0.2, -0.15) is 10.4 Å². The Hall–Kier alpha value is -3.07. The lowest BCUT2D eigenvalue weighted by Crippen LogP contribution is -2.02. The molecule has 0 bridgehead atoms. The Balaban J connectivity index is 2.20. The molecule has 2 rings (SSSR count). The fourth-order valence-electron chi connectivity index (χ4n) is 1.67. The van der Waals surface area contributed by atoms with Crippen LogP contribution in [0.5, 0.6) is 0 Å². The molecule has 1 aromatic carbocycles. The lowest BCUT2D eigenvalue weighted by atomic mass is 10.2. The summed E-state index contributed by atoms with van der Waals surface area (Å²) in [6.45, 7) is 0. The van der Waals surface area contributed by atoms with Crippen molar-refractivity contribution in [1.29, 1.82) is 5.26 Å². The van der Waals surface area contributed by atoms with Gasteiger partial charge in [0, 0.05) is 0 Å². The number of aliphatic carboxylic acids is 1. The van der Waals surface area contributed by atoms with Gasteiger partial charge in [0.2, 0.25) is 0 Å². The van der Waals surface area contributed by atoms with E-state index in [9.17, 15) is 4.79 Å². The van der Waals surface area contributed by atoms with Gasteiger partial charge in [0.1, 0.15) is 17.5 Å². The molecule has 0 fully saturated rings. The minimum Gasteiger partial charge on any atom is -0.481 e. The van der Waals surface area contributed by atoms with Crippen molar-refractivity contribution in [3.8, 4) is 11.8 Å². The molecule has 6 heteroatoms. The van der Waals surface area contributed by atoms with Gasteiger partial charge >= 0.3 is 5.97 Å². The second-order valence-electron chi connectivity index (χ2n) is 4.06. The summed E-state index contributed by atoms with van der Waals surface area (Å²) in [7, 11) is 0. The third-order valence-electron chi connectivity index (χ3n) is 2.67. The molecular weight excluding hydrogens is 256 g/mol. The summed E-state index contributed by atoms with van der Waals surface area (Å²) in [5, 5.41) is 21.4. The molecule has 0 aliphatic heterocycles. The zero-order valence-electron chi connectivity index (χ0n) is 10.5. The first-order chi connectivity index (χ1) is 9.61. The standard InChI is InChI=1S/C14H12N4O2/c15-8-11-9-17-18(14(11)16)12-6-4-10(5-7-12)2-1-3-13(19)20/h1-2,4-7,9H,3,16H2,(H,19,20). The number of nitrogens with two attached hydrogens (primary N) is 1. The van der Waals surface area contributed by atoms with Crippen LogP contribution < -0.4 is 5.73 Å². The average molecular weight is 268 g/mol. The number of hydrogen-bond donors (Lipinski definition) is 2. The zero-order valence-corrected chi connectivity index (χ0v) is 10.5. The third kappa shape index (κ3) is 2.84. The first kappa shape index (κ1) is 13.4. The van der Waals surface area contributed by atoms with Crippen molar-refractivity contribution in [2.75, 3.05) is 5.73 Å². The topological polar surface area (TPSA) is 105 Å². The van der Waals surface area contributed by atoms with Crippen LogP contribution in [-0.2, 0) is 4.79 Å². The number of carboxylic acid groups (broad SMARTS) is 1. The van der Waals surface area contributed by atoms with Gasteiger partial charge < -0.3 is 10.8 Å². The fraction of sp³-hybridized carbons (Fsp3) is 0.0714. The van der Waals surface area contributed by atoms with Crippen LogP contribution in [0.25, 0.3) is 11.8 Å². The Morgan fingerprint density at radius 2 is 2.15 bits per heavy atom. The molecular formula is C14H12N4O2. The molecule has 100 valence electrons. The summed E-state index contributed by atoms with van der Waals surface area (Å²) in [6.07, 6.45) is 4.70. The number of hydrogen-bond acceptors (Lipinski definition) is 4. The van der Waals surface area contributed by atoms with E-state index in [0.29, 0.717) is 11.4 Å². The van der Waals surface area contributed by atoms with Crippen LogP contribution in [0.4, 0.5) is 5.82 Å². The number of aromatic nitrogens is 2. The van der Waals surface area contributed by atoms with Crippen LogP contribution in [0.15, 0.2) is 36.5 Å². The van der Waals surface area contributed by atoms with Crippen molar-refractivity contribution in [2.45, 2.75) is 6.42 Å². The molecule has 6 nitrogen and oxygen atoms in total. The summed E-state index contributed by atoms with van der Waals surface area (Å²) in [5.41, 5.74) is 7.74. The molecule has 0 amide bonds. The Kier molecular flexibility index (Phi) is 3.82. The highest BCUT2D eigenvalue weighted by Crippen LogP contribution is 2.17. The first-order valence-electron chi connectivity index (χ1n) is 5.84. The summed E-state index contributed by atoms with van der Waals surface area (Å²) in [6, 6.07) is 9.19. The summed E-state index contributed by atoms with van der Waals surface area (Å²) < 4.78 is 1.48. The average Bonchev–Trinajstić information content (AvgIpc) is 2.80. The molecule has 0 aliphatic rings. The number of nitrogen functional groups attached to an aromatic ring is 1. The van der Waals surface area contributed by atoms with Crippen molar-refractivity contribution in [1.82, 2.24) is 9.78 Å². The Morgan fingerprint density at radius 3 is 2.70 bits per heavy atom. The van der Waals surface area contributed by atoms with Gasteiger partial charge in [0.25, 0.3) is 0 Å². The van der Waals surface area contributed by atoms with E-state index in [0.717, 1.165) is 11.3 Å². The van der Waals surface area contributed by atoms with E-state index in [1.807, 2.05) is 18.2 Å². The number of benzene rings is 1. The van der Waals surface area contributed by atoms with Gasteiger partial charge in [-0.15, -0.1) is 0 Å². The second-order valence-corrected chi connectivity index (χ2v) is 4.06. The number of nitrogens with zero attached hydrogens (tertiary/aromatic N) is 3. The molecule has 0 aliphatic carbocycles. The molecule has 1 aromatic heterocycles. The van der Waals surface area contributed by atoms with E-state index in [1.165, 1.54) is 10.9 Å². The van der Waals surface area contributed by atoms with Crippen LogP contribution in [0.3, 0.4) is 0 Å². The molecule has 0 saturated carbocycles. The largest absolute Gasteiger partial charge is 0.481 e. The number of carboxylic acids is 1. The van der Waals surface area contributed by atoms with Crippen LogP contribution in [0.2, 0.25) is 0 Å². The predicted molar refractivity (Wildman–Crippen MR) is 74.0 cm³/mol. The number of rotatable bonds is 4.